The van der Waals surface area contributed by atoms with E-state index in [0.29, 0.717) is 5.22 Å². The molecule has 1 aromatic carbocycles. The van der Waals surface area contributed by atoms with Crippen LogP contribution in [0.25, 0.3) is 0 Å². The molecule has 1 unspecified atom stereocenters. The molecule has 0 fully saturated rings. The van der Waals surface area contributed by atoms with Crippen molar-refractivity contribution in [3.63, 3.8) is 0 Å². The van der Waals surface area contributed by atoms with Gasteiger partial charge in [-0.1, -0.05) is 41.6 Å². The Labute approximate surface area is 112 Å². The maximum Gasteiger partial charge on any atom is 0.256 e. The van der Waals surface area contributed by atoms with Crippen LogP contribution < -0.4 is 5.73 Å². The van der Waals surface area contributed by atoms with Crippen molar-refractivity contribution in [3.05, 3.63) is 46.8 Å². The molecule has 0 aliphatic carbocycles. The van der Waals surface area contributed by atoms with Gasteiger partial charge in [-0.2, -0.15) is 0 Å². The predicted octanol–water partition coefficient (Wildman–Crippen LogP) is 3.39. The molecule has 2 rings (SSSR count). The van der Waals surface area contributed by atoms with Gasteiger partial charge >= 0.3 is 0 Å². The second-order valence-corrected chi connectivity index (χ2v) is 5.42. The summed E-state index contributed by atoms with van der Waals surface area (Å²) in [5, 5.41) is 0.701. The zero-order chi connectivity index (χ0) is 13.1. The largest absolute Gasteiger partial charge is 0.437 e. The minimum Gasteiger partial charge on any atom is -0.437 e. The molecule has 3 nitrogen and oxygen atoms in total. The van der Waals surface area contributed by atoms with Crippen molar-refractivity contribution in [2.45, 2.75) is 32.0 Å². The predicted molar refractivity (Wildman–Crippen MR) is 74.8 cm³/mol. The molecule has 2 N–H and O–H groups in total. The fourth-order valence-corrected chi connectivity index (χ4v) is 2.48. The molecule has 0 bridgehead atoms. The van der Waals surface area contributed by atoms with Gasteiger partial charge in [0.1, 0.15) is 5.76 Å². The van der Waals surface area contributed by atoms with Gasteiger partial charge in [0.25, 0.3) is 5.22 Å². The fraction of sp³-hybridized carbons (Fsp3) is 0.357. The number of aromatic nitrogens is 1. The molecule has 4 heteroatoms. The summed E-state index contributed by atoms with van der Waals surface area (Å²) in [5.41, 5.74) is 9.49. The van der Waals surface area contributed by atoms with Crippen LogP contribution in [0.1, 0.15) is 28.6 Å². The third kappa shape index (κ3) is 3.15. The minimum absolute atomic E-state index is 0.00288. The lowest BCUT2D eigenvalue weighted by Gasteiger charge is -2.10. The van der Waals surface area contributed by atoms with Gasteiger partial charge in [0.05, 0.1) is 5.69 Å². The zero-order valence-electron chi connectivity index (χ0n) is 10.9. The maximum atomic E-state index is 6.15. The number of oxazole rings is 1. The Kier molecular flexibility index (Phi) is 4.09. The first-order valence-electron chi connectivity index (χ1n) is 5.95. The summed E-state index contributed by atoms with van der Waals surface area (Å²) < 4.78 is 5.52. The summed E-state index contributed by atoms with van der Waals surface area (Å²) in [6, 6.07) is 8.32. The first kappa shape index (κ1) is 13.2. The third-order valence-electron chi connectivity index (χ3n) is 2.90. The maximum absolute atomic E-state index is 6.15. The van der Waals surface area contributed by atoms with Crippen LogP contribution in [0.15, 0.2) is 33.9 Å². The average molecular weight is 262 g/mol. The lowest BCUT2D eigenvalue weighted by Crippen LogP contribution is -2.12. The van der Waals surface area contributed by atoms with E-state index in [1.807, 2.05) is 13.8 Å². The molecule has 96 valence electrons. The first-order chi connectivity index (χ1) is 8.56. The molecular formula is C14H18N2OS. The number of hydrogen-bond acceptors (Lipinski definition) is 4. The summed E-state index contributed by atoms with van der Waals surface area (Å²) in [6.07, 6.45) is 0. The number of benzene rings is 1. The van der Waals surface area contributed by atoms with E-state index in [9.17, 15) is 0 Å². The molecule has 0 amide bonds. The van der Waals surface area contributed by atoms with Crippen LogP contribution in [-0.4, -0.2) is 10.7 Å². The van der Waals surface area contributed by atoms with Crippen molar-refractivity contribution in [3.8, 4) is 0 Å². The standard InChI is InChI=1S/C14H18N2OS/c1-9-4-6-12(7-5-9)13(15)8-18-14-16-10(2)11(3)17-14/h4-7,13H,8,15H2,1-3H3. The van der Waals surface area contributed by atoms with E-state index in [-0.39, 0.29) is 6.04 Å². The summed E-state index contributed by atoms with van der Waals surface area (Å²) in [4.78, 5) is 4.33. The van der Waals surface area contributed by atoms with E-state index >= 15 is 0 Å². The van der Waals surface area contributed by atoms with Crippen molar-refractivity contribution < 1.29 is 4.42 Å². The SMILES string of the molecule is Cc1ccc(C(N)CSc2nc(C)c(C)o2)cc1. The quantitative estimate of drug-likeness (QED) is 0.858. The monoisotopic (exact) mass is 262 g/mol. The average Bonchev–Trinajstić information content (AvgIpc) is 2.67. The van der Waals surface area contributed by atoms with Crippen molar-refractivity contribution in [2.75, 3.05) is 5.75 Å². The lowest BCUT2D eigenvalue weighted by atomic mass is 10.1. The summed E-state index contributed by atoms with van der Waals surface area (Å²) in [6.45, 7) is 5.94. The Morgan fingerprint density at radius 2 is 1.89 bits per heavy atom. The van der Waals surface area contributed by atoms with Crippen LogP contribution in [0.3, 0.4) is 0 Å². The van der Waals surface area contributed by atoms with Crippen molar-refractivity contribution >= 4 is 11.8 Å². The Morgan fingerprint density at radius 1 is 1.22 bits per heavy atom. The van der Waals surface area contributed by atoms with Gasteiger partial charge < -0.3 is 10.2 Å². The number of aryl methyl sites for hydroxylation is 3. The van der Waals surface area contributed by atoms with Gasteiger partial charge in [0.2, 0.25) is 0 Å². The summed E-state index contributed by atoms with van der Waals surface area (Å²) in [5.74, 6) is 1.64. The van der Waals surface area contributed by atoms with Crippen LogP contribution in [0, 0.1) is 20.8 Å². The molecule has 0 saturated carbocycles. The molecule has 0 spiro atoms. The second-order valence-electron chi connectivity index (χ2n) is 4.45. The number of hydrogen-bond donors (Lipinski definition) is 1. The van der Waals surface area contributed by atoms with Crippen LogP contribution in [0.2, 0.25) is 0 Å². The first-order valence-corrected chi connectivity index (χ1v) is 6.94. The number of nitrogens with zero attached hydrogens (tertiary/aromatic N) is 1. The van der Waals surface area contributed by atoms with E-state index < -0.39 is 0 Å². The Balaban J connectivity index is 1.95. The topological polar surface area (TPSA) is 52.0 Å². The number of rotatable bonds is 4. The van der Waals surface area contributed by atoms with E-state index in [0.717, 1.165) is 22.8 Å². The van der Waals surface area contributed by atoms with Crippen molar-refractivity contribution in [1.82, 2.24) is 4.98 Å². The van der Waals surface area contributed by atoms with Crippen LogP contribution in [0.5, 0.6) is 0 Å². The van der Waals surface area contributed by atoms with Crippen LogP contribution >= 0.6 is 11.8 Å². The van der Waals surface area contributed by atoms with Crippen molar-refractivity contribution in [2.24, 2.45) is 5.73 Å². The van der Waals surface area contributed by atoms with Crippen molar-refractivity contribution in [1.29, 1.82) is 0 Å². The molecule has 1 atom stereocenters. The van der Waals surface area contributed by atoms with E-state index in [1.54, 1.807) is 11.8 Å². The summed E-state index contributed by atoms with van der Waals surface area (Å²) in [7, 11) is 0. The lowest BCUT2D eigenvalue weighted by molar-refractivity contribution is 0.431. The molecule has 2 aromatic rings. The van der Waals surface area contributed by atoms with E-state index in [4.69, 9.17) is 10.2 Å². The summed E-state index contributed by atoms with van der Waals surface area (Å²) >= 11 is 1.56. The highest BCUT2D eigenvalue weighted by Crippen LogP contribution is 2.24. The highest BCUT2D eigenvalue weighted by atomic mass is 32.2. The highest BCUT2D eigenvalue weighted by molar-refractivity contribution is 7.99. The van der Waals surface area contributed by atoms with E-state index in [2.05, 4.69) is 36.2 Å². The molecule has 0 aliphatic heterocycles. The molecule has 0 aliphatic rings. The van der Waals surface area contributed by atoms with E-state index in [1.165, 1.54) is 5.56 Å². The number of nitrogens with two attached hydrogens (primary N) is 1. The Bertz CT molecular complexity index is 500. The normalized spacial score (nSPS) is 12.7. The minimum atomic E-state index is 0.00288. The second kappa shape index (κ2) is 5.59. The molecule has 1 heterocycles. The van der Waals surface area contributed by atoms with Gasteiger partial charge in [-0.05, 0) is 26.3 Å². The Morgan fingerprint density at radius 3 is 2.44 bits per heavy atom. The van der Waals surface area contributed by atoms with Crippen LogP contribution in [-0.2, 0) is 0 Å². The van der Waals surface area contributed by atoms with Gasteiger partial charge in [-0.25, -0.2) is 4.98 Å². The molecular weight excluding hydrogens is 244 g/mol. The van der Waals surface area contributed by atoms with Gasteiger partial charge in [-0.15, -0.1) is 0 Å². The molecule has 0 radical (unpaired) electrons. The third-order valence-corrected chi connectivity index (χ3v) is 3.85. The van der Waals surface area contributed by atoms with Gasteiger partial charge in [-0.3, -0.25) is 0 Å². The molecule has 18 heavy (non-hydrogen) atoms. The smallest absolute Gasteiger partial charge is 0.256 e. The zero-order valence-corrected chi connectivity index (χ0v) is 11.8. The van der Waals surface area contributed by atoms with Crippen LogP contribution in [0.4, 0.5) is 0 Å². The molecule has 1 aromatic heterocycles. The fourth-order valence-electron chi connectivity index (χ4n) is 1.58. The Hall–Kier alpha value is -1.26. The highest BCUT2D eigenvalue weighted by Gasteiger charge is 2.10. The van der Waals surface area contributed by atoms with Gasteiger partial charge in [0.15, 0.2) is 0 Å². The number of thioether (sulfide) groups is 1. The van der Waals surface area contributed by atoms with Gasteiger partial charge in [0, 0.05) is 11.8 Å². The molecule has 0 saturated heterocycles.